The van der Waals surface area contributed by atoms with Crippen molar-refractivity contribution >= 4 is 29.1 Å². The maximum absolute atomic E-state index is 14.2. The first-order valence-electron chi connectivity index (χ1n) is 11.5. The van der Waals surface area contributed by atoms with Crippen LogP contribution < -0.4 is 24.3 Å². The number of methoxy groups -OCH3 is 2. The first-order valence-corrected chi connectivity index (χ1v) is 11.9. The Morgan fingerprint density at radius 3 is 2.29 bits per heavy atom. The van der Waals surface area contributed by atoms with E-state index in [1.807, 2.05) is 0 Å². The lowest BCUT2D eigenvalue weighted by molar-refractivity contribution is -0.274. The number of hydrogen-bond acceptors (Lipinski definition) is 7. The first kappa shape index (κ1) is 25.9. The van der Waals surface area contributed by atoms with Gasteiger partial charge >= 0.3 is 6.36 Å². The average Bonchev–Trinajstić information content (AvgIpc) is 3.17. The number of rotatable bonds is 4. The van der Waals surface area contributed by atoms with Crippen LogP contribution in [0.4, 0.5) is 13.2 Å². The van der Waals surface area contributed by atoms with Gasteiger partial charge in [0.25, 0.3) is 0 Å². The fourth-order valence-corrected chi connectivity index (χ4v) is 5.64. The molecule has 0 saturated heterocycles. The second kappa shape index (κ2) is 8.93. The van der Waals surface area contributed by atoms with E-state index in [4.69, 9.17) is 25.8 Å². The van der Waals surface area contributed by atoms with Crippen LogP contribution in [0.1, 0.15) is 41.6 Å². The third kappa shape index (κ3) is 3.87. The highest BCUT2D eigenvalue weighted by Gasteiger charge is 2.63. The third-order valence-electron chi connectivity index (χ3n) is 7.07. The monoisotopic (exact) mass is 551 g/mol. The molecule has 0 bridgehead atoms. The van der Waals surface area contributed by atoms with Gasteiger partial charge in [0, 0.05) is 35.6 Å². The Bertz CT molecular complexity index is 1400. The molecule has 2 aromatic rings. The number of allylic oxidation sites excluding steroid dienone is 1. The molecule has 3 unspecified atom stereocenters. The van der Waals surface area contributed by atoms with Crippen LogP contribution in [0.5, 0.6) is 23.0 Å². The number of nitrogens with one attached hydrogen (secondary N) is 1. The van der Waals surface area contributed by atoms with Crippen molar-refractivity contribution in [3.63, 3.8) is 0 Å². The summed E-state index contributed by atoms with van der Waals surface area (Å²) in [6.45, 7) is 1.65. The molecule has 5 rings (SSSR count). The van der Waals surface area contributed by atoms with Crippen molar-refractivity contribution in [1.82, 2.24) is 5.32 Å². The molecule has 0 radical (unpaired) electrons. The predicted molar refractivity (Wildman–Crippen MR) is 127 cm³/mol. The maximum Gasteiger partial charge on any atom is 0.573 e. The first-order chi connectivity index (χ1) is 17.9. The van der Waals surface area contributed by atoms with Gasteiger partial charge in [-0.1, -0.05) is 30.7 Å². The van der Waals surface area contributed by atoms with Crippen molar-refractivity contribution in [2.75, 3.05) is 14.2 Å². The molecule has 1 aliphatic carbocycles. The van der Waals surface area contributed by atoms with E-state index in [9.17, 15) is 27.6 Å². The topological polar surface area (TPSA) is 100 Å². The Morgan fingerprint density at radius 1 is 1.03 bits per heavy atom. The summed E-state index contributed by atoms with van der Waals surface area (Å²) in [7, 11) is 2.73. The van der Waals surface area contributed by atoms with Gasteiger partial charge in [0.05, 0.1) is 14.2 Å². The molecule has 0 saturated carbocycles. The second-order valence-electron chi connectivity index (χ2n) is 9.21. The van der Waals surface area contributed by atoms with Crippen molar-refractivity contribution in [2.45, 2.75) is 37.6 Å². The molecule has 38 heavy (non-hydrogen) atoms. The fourth-order valence-electron chi connectivity index (χ4n) is 5.38. The molecule has 0 aromatic heterocycles. The van der Waals surface area contributed by atoms with Crippen LogP contribution in [0.25, 0.3) is 0 Å². The summed E-state index contributed by atoms with van der Waals surface area (Å²) < 4.78 is 58.5. The number of alkyl halides is 3. The Balaban J connectivity index is 1.59. The molecule has 2 heterocycles. The molecule has 2 aliphatic heterocycles. The largest absolute Gasteiger partial charge is 0.573 e. The lowest BCUT2D eigenvalue weighted by Gasteiger charge is -2.41. The van der Waals surface area contributed by atoms with E-state index in [1.165, 1.54) is 32.4 Å². The van der Waals surface area contributed by atoms with Gasteiger partial charge in [0.2, 0.25) is 23.1 Å². The van der Waals surface area contributed by atoms with Crippen LogP contribution in [-0.2, 0) is 9.59 Å². The summed E-state index contributed by atoms with van der Waals surface area (Å²) >= 11 is 6.46. The molecule has 2 aromatic carbocycles. The van der Waals surface area contributed by atoms with Crippen LogP contribution in [0, 0.1) is 5.92 Å². The molecule has 3 aliphatic rings. The molecule has 200 valence electrons. The quantitative estimate of drug-likeness (QED) is 0.548. The van der Waals surface area contributed by atoms with Gasteiger partial charge in [-0.25, -0.2) is 0 Å². The summed E-state index contributed by atoms with van der Waals surface area (Å²) in [6, 6.07) is 6.34. The molecule has 12 heteroatoms. The highest BCUT2D eigenvalue weighted by Crippen LogP contribution is 2.55. The summed E-state index contributed by atoms with van der Waals surface area (Å²) in [4.78, 5) is 40.7. The third-order valence-corrected chi connectivity index (χ3v) is 7.43. The van der Waals surface area contributed by atoms with Crippen molar-refractivity contribution in [1.29, 1.82) is 0 Å². The Hall–Kier alpha value is -3.73. The van der Waals surface area contributed by atoms with Gasteiger partial charge in [-0.05, 0) is 24.1 Å². The summed E-state index contributed by atoms with van der Waals surface area (Å²) in [5.74, 6) is -3.38. The Labute approximate surface area is 219 Å². The summed E-state index contributed by atoms with van der Waals surface area (Å²) in [6.07, 6.45) is -4.91. The molecule has 1 spiro atoms. The minimum Gasteiger partial charge on any atom is -0.496 e. The van der Waals surface area contributed by atoms with E-state index < -0.39 is 41.1 Å². The summed E-state index contributed by atoms with van der Waals surface area (Å²) in [5.41, 5.74) is -1.08. The standard InChI is InChI=1S/C26H21ClF3NO7/c1-11-8-15-19(14(9-18(32)31-15)12-4-6-13(7-5-12)37-26(28,29)30)23(33)25(11)24(34)20-16(35-2)10-17(36-3)21(27)22(20)38-25/h4-7,10-11,14H,8-9H2,1-3H3,(H,31,32). The van der Waals surface area contributed by atoms with Gasteiger partial charge in [-0.3, -0.25) is 14.4 Å². The molecule has 0 fully saturated rings. The number of fused-ring (bicyclic) bond motifs is 1. The van der Waals surface area contributed by atoms with Gasteiger partial charge in [0.1, 0.15) is 27.8 Å². The zero-order valence-electron chi connectivity index (χ0n) is 20.3. The molecule has 1 amide bonds. The number of benzene rings is 2. The van der Waals surface area contributed by atoms with Crippen LogP contribution in [0.3, 0.4) is 0 Å². The number of ketones is 2. The number of carbonyl (C=O) groups is 3. The predicted octanol–water partition coefficient (Wildman–Crippen LogP) is 4.74. The average molecular weight is 552 g/mol. The van der Waals surface area contributed by atoms with E-state index in [0.29, 0.717) is 11.3 Å². The van der Waals surface area contributed by atoms with Crippen molar-refractivity contribution in [3.8, 4) is 23.0 Å². The van der Waals surface area contributed by atoms with Crippen LogP contribution in [0.15, 0.2) is 41.6 Å². The van der Waals surface area contributed by atoms with E-state index in [-0.39, 0.29) is 52.2 Å². The maximum atomic E-state index is 14.2. The van der Waals surface area contributed by atoms with Crippen molar-refractivity contribution in [2.24, 2.45) is 5.92 Å². The minimum absolute atomic E-state index is 0.00190. The summed E-state index contributed by atoms with van der Waals surface area (Å²) in [5, 5.41) is 2.73. The SMILES string of the molecule is COc1cc(OC)c2c(c1Cl)OC1(C(=O)C3=C(CC1C)NC(=O)CC3c1ccc(OC(F)(F)F)cc1)C2=O. The highest BCUT2D eigenvalue weighted by atomic mass is 35.5. The van der Waals surface area contributed by atoms with Gasteiger partial charge in [-0.2, -0.15) is 0 Å². The van der Waals surface area contributed by atoms with E-state index in [0.717, 1.165) is 12.1 Å². The molecule has 1 N–H and O–H groups in total. The molecular weight excluding hydrogens is 531 g/mol. The molecular formula is C26H21ClF3NO7. The van der Waals surface area contributed by atoms with Gasteiger partial charge in [0.15, 0.2) is 5.75 Å². The van der Waals surface area contributed by atoms with Gasteiger partial charge in [-0.15, -0.1) is 13.2 Å². The lowest BCUT2D eigenvalue weighted by Crippen LogP contribution is -2.59. The second-order valence-corrected chi connectivity index (χ2v) is 9.59. The normalized spacial score (nSPS) is 24.6. The Kier molecular flexibility index (Phi) is 6.09. The van der Waals surface area contributed by atoms with Crippen molar-refractivity contribution in [3.05, 3.63) is 57.8 Å². The van der Waals surface area contributed by atoms with E-state index >= 15 is 0 Å². The van der Waals surface area contributed by atoms with Crippen LogP contribution in [-0.4, -0.2) is 43.7 Å². The fraction of sp³-hybridized carbons (Fsp3) is 0.346. The van der Waals surface area contributed by atoms with Gasteiger partial charge < -0.3 is 24.3 Å². The van der Waals surface area contributed by atoms with Crippen molar-refractivity contribution < 1.29 is 46.5 Å². The lowest BCUT2D eigenvalue weighted by atomic mass is 9.66. The smallest absolute Gasteiger partial charge is 0.496 e. The van der Waals surface area contributed by atoms with E-state index in [1.54, 1.807) is 6.92 Å². The van der Waals surface area contributed by atoms with E-state index in [2.05, 4.69) is 10.1 Å². The number of ether oxygens (including phenoxy) is 4. The molecule has 3 atom stereocenters. The minimum atomic E-state index is -4.87. The highest BCUT2D eigenvalue weighted by molar-refractivity contribution is 6.36. The number of hydrogen-bond donors (Lipinski definition) is 1. The zero-order valence-corrected chi connectivity index (χ0v) is 21.1. The Morgan fingerprint density at radius 2 is 1.68 bits per heavy atom. The van der Waals surface area contributed by atoms with Crippen LogP contribution in [0.2, 0.25) is 5.02 Å². The zero-order chi connectivity index (χ0) is 27.6. The molecule has 8 nitrogen and oxygen atoms in total. The number of amides is 1. The number of halogens is 4. The van der Waals surface area contributed by atoms with Crippen LogP contribution >= 0.6 is 11.6 Å². The number of carbonyl (C=O) groups excluding carboxylic acids is 3. The number of Topliss-reactive ketones (excluding diaryl/α,β-unsaturated/α-hetero) is 2.